The van der Waals surface area contributed by atoms with Crippen molar-refractivity contribution in [1.29, 1.82) is 0 Å². The summed E-state index contributed by atoms with van der Waals surface area (Å²) >= 11 is 0. The van der Waals surface area contributed by atoms with E-state index in [4.69, 9.17) is 0 Å². The van der Waals surface area contributed by atoms with Crippen molar-refractivity contribution in [2.45, 2.75) is 51.7 Å². The van der Waals surface area contributed by atoms with Gasteiger partial charge in [-0.15, -0.1) is 0 Å². The van der Waals surface area contributed by atoms with Crippen molar-refractivity contribution in [3.63, 3.8) is 0 Å². The molecule has 1 aromatic rings. The van der Waals surface area contributed by atoms with Crippen LogP contribution in [0.1, 0.15) is 50.6 Å². The van der Waals surface area contributed by atoms with Gasteiger partial charge in [0.05, 0.1) is 0 Å². The van der Waals surface area contributed by atoms with Gasteiger partial charge in [-0.05, 0) is 43.0 Å². The lowest BCUT2D eigenvalue weighted by Gasteiger charge is -2.31. The van der Waals surface area contributed by atoms with Crippen molar-refractivity contribution in [1.82, 2.24) is 5.32 Å². The average Bonchev–Trinajstić information content (AvgIpc) is 2.45. The van der Waals surface area contributed by atoms with Gasteiger partial charge in [0.1, 0.15) is 5.75 Å². The van der Waals surface area contributed by atoms with Crippen LogP contribution in [0.2, 0.25) is 0 Å². The number of rotatable bonds is 6. The molecule has 20 heavy (non-hydrogen) atoms. The van der Waals surface area contributed by atoms with Gasteiger partial charge in [0, 0.05) is 6.04 Å². The molecule has 2 rings (SSSR count). The Balaban J connectivity index is 2.15. The molecule has 0 bridgehead atoms. The summed E-state index contributed by atoms with van der Waals surface area (Å²) in [5, 5.41) is 3.51. The smallest absolute Gasteiger partial charge is 0.387 e. The van der Waals surface area contributed by atoms with Gasteiger partial charge >= 0.3 is 6.61 Å². The minimum atomic E-state index is -2.77. The zero-order valence-electron chi connectivity index (χ0n) is 11.9. The minimum Gasteiger partial charge on any atom is -0.435 e. The SMILES string of the molecule is CCNC(c1cccc(OC(F)F)c1)C1CCCCC1. The predicted molar refractivity (Wildman–Crippen MR) is 76.1 cm³/mol. The van der Waals surface area contributed by atoms with Gasteiger partial charge in [-0.25, -0.2) is 0 Å². The van der Waals surface area contributed by atoms with E-state index in [-0.39, 0.29) is 11.8 Å². The molecule has 0 aromatic heterocycles. The van der Waals surface area contributed by atoms with E-state index in [0.29, 0.717) is 5.92 Å². The molecule has 1 fully saturated rings. The summed E-state index contributed by atoms with van der Waals surface area (Å²) in [6.07, 6.45) is 6.25. The Bertz CT molecular complexity index is 405. The molecule has 0 radical (unpaired) electrons. The number of alkyl halides is 2. The highest BCUT2D eigenvalue weighted by molar-refractivity contribution is 5.31. The van der Waals surface area contributed by atoms with Gasteiger partial charge in [0.2, 0.25) is 0 Å². The van der Waals surface area contributed by atoms with Gasteiger partial charge in [-0.2, -0.15) is 8.78 Å². The van der Waals surface area contributed by atoms with Crippen LogP contribution in [0.15, 0.2) is 24.3 Å². The van der Waals surface area contributed by atoms with Crippen molar-refractivity contribution < 1.29 is 13.5 Å². The summed E-state index contributed by atoms with van der Waals surface area (Å²) in [6, 6.07) is 7.36. The van der Waals surface area contributed by atoms with Crippen molar-refractivity contribution >= 4 is 0 Å². The maximum Gasteiger partial charge on any atom is 0.387 e. The van der Waals surface area contributed by atoms with Crippen LogP contribution < -0.4 is 10.1 Å². The summed E-state index contributed by atoms with van der Waals surface area (Å²) in [6.45, 7) is 0.189. The standard InChI is InChI=1S/C16H23F2NO/c1-2-19-15(12-7-4-3-5-8-12)13-9-6-10-14(11-13)20-16(17)18/h6,9-12,15-16,19H,2-5,7-8H2,1H3. The normalized spacial score (nSPS) is 18.2. The molecule has 1 saturated carbocycles. The quantitative estimate of drug-likeness (QED) is 0.829. The Morgan fingerprint density at radius 2 is 2.00 bits per heavy atom. The Kier molecular flexibility index (Phi) is 5.77. The zero-order chi connectivity index (χ0) is 14.4. The van der Waals surface area contributed by atoms with Crippen LogP contribution in [-0.2, 0) is 0 Å². The molecule has 1 atom stereocenters. The molecule has 0 saturated heterocycles. The van der Waals surface area contributed by atoms with Crippen LogP contribution in [0.5, 0.6) is 5.75 Å². The summed E-state index contributed by atoms with van der Waals surface area (Å²) < 4.78 is 29.1. The Morgan fingerprint density at radius 1 is 1.25 bits per heavy atom. The van der Waals surface area contributed by atoms with Crippen molar-refractivity contribution in [2.75, 3.05) is 6.54 Å². The summed E-state index contributed by atoms with van der Waals surface area (Å²) in [5.41, 5.74) is 1.05. The van der Waals surface area contributed by atoms with Crippen molar-refractivity contribution in [2.24, 2.45) is 5.92 Å². The fraction of sp³-hybridized carbons (Fsp3) is 0.625. The maximum atomic E-state index is 12.3. The molecule has 1 N–H and O–H groups in total. The first-order valence-corrected chi connectivity index (χ1v) is 7.49. The first-order chi connectivity index (χ1) is 9.70. The van der Waals surface area contributed by atoms with E-state index >= 15 is 0 Å². The highest BCUT2D eigenvalue weighted by atomic mass is 19.3. The van der Waals surface area contributed by atoms with Gasteiger partial charge < -0.3 is 10.1 Å². The number of hydrogen-bond donors (Lipinski definition) is 1. The molecular formula is C16H23F2NO. The molecule has 1 aliphatic rings. The molecule has 1 unspecified atom stereocenters. The predicted octanol–water partition coefficient (Wildman–Crippen LogP) is 4.52. The zero-order valence-corrected chi connectivity index (χ0v) is 11.9. The Hall–Kier alpha value is -1.16. The van der Waals surface area contributed by atoms with E-state index in [1.807, 2.05) is 6.07 Å². The highest BCUT2D eigenvalue weighted by Gasteiger charge is 2.24. The van der Waals surface area contributed by atoms with Crippen molar-refractivity contribution in [3.05, 3.63) is 29.8 Å². The molecule has 0 aliphatic heterocycles. The van der Waals surface area contributed by atoms with E-state index < -0.39 is 6.61 Å². The summed E-state index contributed by atoms with van der Waals surface area (Å²) in [7, 11) is 0. The fourth-order valence-corrected chi connectivity index (χ4v) is 3.13. The van der Waals surface area contributed by atoms with Gasteiger partial charge in [-0.3, -0.25) is 0 Å². The van der Waals surface area contributed by atoms with Crippen LogP contribution in [-0.4, -0.2) is 13.2 Å². The summed E-state index contributed by atoms with van der Waals surface area (Å²) in [4.78, 5) is 0. The molecular weight excluding hydrogens is 260 g/mol. The first kappa shape index (κ1) is 15.2. The molecule has 0 heterocycles. The number of halogens is 2. The molecule has 0 amide bonds. The van der Waals surface area contributed by atoms with E-state index in [9.17, 15) is 8.78 Å². The Labute approximate surface area is 119 Å². The molecule has 1 aromatic carbocycles. The lowest BCUT2D eigenvalue weighted by Crippen LogP contribution is -2.29. The van der Waals surface area contributed by atoms with Gasteiger partial charge in [0.25, 0.3) is 0 Å². The van der Waals surface area contributed by atoms with Gasteiger partial charge in [-0.1, -0.05) is 38.3 Å². The third-order valence-corrected chi connectivity index (χ3v) is 3.99. The fourth-order valence-electron chi connectivity index (χ4n) is 3.13. The largest absolute Gasteiger partial charge is 0.435 e. The summed E-state index contributed by atoms with van der Waals surface area (Å²) in [5.74, 6) is 0.835. The topological polar surface area (TPSA) is 21.3 Å². The molecule has 4 heteroatoms. The van der Waals surface area contributed by atoms with Crippen LogP contribution in [0.4, 0.5) is 8.78 Å². The highest BCUT2D eigenvalue weighted by Crippen LogP contribution is 2.35. The minimum absolute atomic E-state index is 0.238. The first-order valence-electron chi connectivity index (χ1n) is 7.49. The van der Waals surface area contributed by atoms with Crippen LogP contribution >= 0.6 is 0 Å². The lowest BCUT2D eigenvalue weighted by atomic mass is 9.81. The molecule has 1 aliphatic carbocycles. The van der Waals surface area contributed by atoms with Crippen molar-refractivity contribution in [3.8, 4) is 5.75 Å². The van der Waals surface area contributed by atoms with Crippen LogP contribution in [0.25, 0.3) is 0 Å². The van der Waals surface area contributed by atoms with E-state index in [1.165, 1.54) is 32.1 Å². The number of benzene rings is 1. The number of nitrogens with one attached hydrogen (secondary N) is 1. The molecule has 0 spiro atoms. The van der Waals surface area contributed by atoms with E-state index in [1.54, 1.807) is 18.2 Å². The second-order valence-electron chi connectivity index (χ2n) is 5.38. The monoisotopic (exact) mass is 283 g/mol. The Morgan fingerprint density at radius 3 is 2.65 bits per heavy atom. The third-order valence-electron chi connectivity index (χ3n) is 3.99. The second-order valence-corrected chi connectivity index (χ2v) is 5.38. The number of hydrogen-bond acceptors (Lipinski definition) is 2. The van der Waals surface area contributed by atoms with Crippen LogP contribution in [0, 0.1) is 5.92 Å². The third kappa shape index (κ3) is 4.17. The lowest BCUT2D eigenvalue weighted by molar-refractivity contribution is -0.0499. The average molecular weight is 283 g/mol. The second kappa shape index (κ2) is 7.58. The number of ether oxygens (including phenoxy) is 1. The maximum absolute atomic E-state index is 12.3. The van der Waals surface area contributed by atoms with Gasteiger partial charge in [0.15, 0.2) is 0 Å². The van der Waals surface area contributed by atoms with E-state index in [0.717, 1.165) is 12.1 Å². The van der Waals surface area contributed by atoms with Crippen LogP contribution in [0.3, 0.4) is 0 Å². The molecule has 2 nitrogen and oxygen atoms in total. The van der Waals surface area contributed by atoms with E-state index in [2.05, 4.69) is 17.0 Å². The molecule has 112 valence electrons.